The van der Waals surface area contributed by atoms with E-state index in [0.717, 1.165) is 32.1 Å². The minimum atomic E-state index is -3.76. The Balaban J connectivity index is 2.30. The first-order valence-electron chi connectivity index (χ1n) is 8.65. The molecular formula is C18H28N2O4S. The van der Waals surface area contributed by atoms with E-state index < -0.39 is 15.6 Å². The summed E-state index contributed by atoms with van der Waals surface area (Å²) in [6.07, 6.45) is 4.87. The topological polar surface area (TPSA) is 84.5 Å². The average molecular weight is 368 g/mol. The fourth-order valence-electron chi connectivity index (χ4n) is 2.94. The molecular weight excluding hydrogens is 340 g/mol. The van der Waals surface area contributed by atoms with Crippen LogP contribution in [0.25, 0.3) is 0 Å². The Morgan fingerprint density at radius 1 is 1.16 bits per heavy atom. The number of benzene rings is 1. The highest BCUT2D eigenvalue weighted by atomic mass is 32.2. The summed E-state index contributed by atoms with van der Waals surface area (Å²) in [5.41, 5.74) is -0.115. The first kappa shape index (κ1) is 19.7. The van der Waals surface area contributed by atoms with Gasteiger partial charge in [-0.15, -0.1) is 0 Å². The Labute approximate surface area is 150 Å². The molecule has 1 aromatic rings. The third kappa shape index (κ3) is 5.44. The first-order chi connectivity index (χ1) is 11.6. The van der Waals surface area contributed by atoms with Gasteiger partial charge in [-0.2, -0.15) is 0 Å². The van der Waals surface area contributed by atoms with Crippen molar-refractivity contribution in [1.82, 2.24) is 10.0 Å². The zero-order valence-corrected chi connectivity index (χ0v) is 16.2. The molecule has 25 heavy (non-hydrogen) atoms. The van der Waals surface area contributed by atoms with Gasteiger partial charge in [0.2, 0.25) is 10.0 Å². The summed E-state index contributed by atoms with van der Waals surface area (Å²) in [6.45, 7) is 5.62. The summed E-state index contributed by atoms with van der Waals surface area (Å²) < 4.78 is 33.6. The van der Waals surface area contributed by atoms with Crippen molar-refractivity contribution in [2.45, 2.75) is 69.4 Å². The first-order valence-corrected chi connectivity index (χ1v) is 10.1. The van der Waals surface area contributed by atoms with Gasteiger partial charge < -0.3 is 10.1 Å². The van der Waals surface area contributed by atoms with Crippen molar-refractivity contribution in [2.75, 3.05) is 7.11 Å². The molecule has 0 heterocycles. The van der Waals surface area contributed by atoms with E-state index in [0.29, 0.717) is 5.56 Å². The van der Waals surface area contributed by atoms with Gasteiger partial charge in [0.05, 0.1) is 7.11 Å². The maximum Gasteiger partial charge on any atom is 0.251 e. The highest BCUT2D eigenvalue weighted by molar-refractivity contribution is 7.89. The number of methoxy groups -OCH3 is 1. The Morgan fingerprint density at radius 2 is 1.80 bits per heavy atom. The summed E-state index contributed by atoms with van der Waals surface area (Å²) >= 11 is 0. The highest BCUT2D eigenvalue weighted by Gasteiger charge is 2.26. The number of sulfonamides is 1. The van der Waals surface area contributed by atoms with E-state index in [9.17, 15) is 13.2 Å². The van der Waals surface area contributed by atoms with Crippen LogP contribution in [-0.2, 0) is 10.0 Å². The van der Waals surface area contributed by atoms with Crippen LogP contribution in [0, 0.1) is 0 Å². The van der Waals surface area contributed by atoms with Crippen LogP contribution in [0.4, 0.5) is 0 Å². The number of rotatable bonds is 5. The molecule has 1 fully saturated rings. The number of carbonyl (C=O) groups excluding carboxylic acids is 1. The summed E-state index contributed by atoms with van der Waals surface area (Å²) in [6, 6.07) is 4.41. The predicted molar refractivity (Wildman–Crippen MR) is 97.4 cm³/mol. The molecule has 1 aromatic carbocycles. The highest BCUT2D eigenvalue weighted by Crippen LogP contribution is 2.27. The molecule has 0 spiro atoms. The van der Waals surface area contributed by atoms with Gasteiger partial charge in [-0.25, -0.2) is 13.1 Å². The van der Waals surface area contributed by atoms with Crippen molar-refractivity contribution in [3.05, 3.63) is 23.8 Å². The van der Waals surface area contributed by atoms with Crippen molar-refractivity contribution < 1.29 is 17.9 Å². The van der Waals surface area contributed by atoms with Gasteiger partial charge in [-0.3, -0.25) is 4.79 Å². The lowest BCUT2D eigenvalue weighted by atomic mass is 9.96. The summed E-state index contributed by atoms with van der Waals surface area (Å²) in [5.74, 6) is -0.0834. The number of hydrogen-bond acceptors (Lipinski definition) is 4. The average Bonchev–Trinajstić information content (AvgIpc) is 2.53. The van der Waals surface area contributed by atoms with Crippen LogP contribution in [0.5, 0.6) is 5.75 Å². The monoisotopic (exact) mass is 368 g/mol. The van der Waals surface area contributed by atoms with Crippen molar-refractivity contribution in [1.29, 1.82) is 0 Å². The molecule has 1 aliphatic rings. The van der Waals surface area contributed by atoms with Gasteiger partial charge in [0, 0.05) is 17.1 Å². The van der Waals surface area contributed by atoms with Crippen molar-refractivity contribution in [3.8, 4) is 5.75 Å². The van der Waals surface area contributed by atoms with Crippen molar-refractivity contribution in [2.24, 2.45) is 0 Å². The number of hydrogen-bond donors (Lipinski definition) is 2. The summed E-state index contributed by atoms with van der Waals surface area (Å²) in [7, 11) is -2.34. The van der Waals surface area contributed by atoms with E-state index in [2.05, 4.69) is 10.0 Å². The third-order valence-corrected chi connectivity index (χ3v) is 5.67. The van der Waals surface area contributed by atoms with Crippen LogP contribution in [-0.4, -0.2) is 33.0 Å². The van der Waals surface area contributed by atoms with Gasteiger partial charge in [0.1, 0.15) is 10.6 Å². The van der Waals surface area contributed by atoms with E-state index in [1.165, 1.54) is 19.2 Å². The number of ether oxygens (including phenoxy) is 1. The predicted octanol–water partition coefficient (Wildman–Crippen LogP) is 2.83. The molecule has 0 radical (unpaired) electrons. The van der Waals surface area contributed by atoms with Gasteiger partial charge in [0.25, 0.3) is 5.91 Å². The normalized spacial score (nSPS) is 16.5. The molecule has 0 saturated heterocycles. The van der Waals surface area contributed by atoms with Crippen LogP contribution in [0.1, 0.15) is 63.2 Å². The van der Waals surface area contributed by atoms with Crippen molar-refractivity contribution >= 4 is 15.9 Å². The second kappa shape index (κ2) is 7.74. The van der Waals surface area contributed by atoms with Crippen LogP contribution in [0.2, 0.25) is 0 Å². The molecule has 0 aliphatic heterocycles. The molecule has 2 rings (SSSR count). The van der Waals surface area contributed by atoms with E-state index >= 15 is 0 Å². The number of amides is 1. The number of nitrogens with one attached hydrogen (secondary N) is 2. The SMILES string of the molecule is COc1ccc(C(=O)NC(C)(C)C)cc1S(=O)(=O)NC1CCCCC1. The largest absolute Gasteiger partial charge is 0.495 e. The lowest BCUT2D eigenvalue weighted by Gasteiger charge is -2.23. The van der Waals surface area contributed by atoms with Crippen LogP contribution >= 0.6 is 0 Å². The summed E-state index contributed by atoms with van der Waals surface area (Å²) in [5, 5.41) is 2.84. The quantitative estimate of drug-likeness (QED) is 0.837. The lowest BCUT2D eigenvalue weighted by molar-refractivity contribution is 0.0919. The molecule has 140 valence electrons. The molecule has 6 nitrogen and oxygen atoms in total. The Hall–Kier alpha value is -1.60. The molecule has 7 heteroatoms. The van der Waals surface area contributed by atoms with Crippen LogP contribution in [0.15, 0.2) is 23.1 Å². The van der Waals surface area contributed by atoms with E-state index in [1.54, 1.807) is 6.07 Å². The maximum absolute atomic E-state index is 12.8. The second-order valence-corrected chi connectivity index (χ2v) is 9.21. The molecule has 2 N–H and O–H groups in total. The standard InChI is InChI=1S/C18H28N2O4S/c1-18(2,3)19-17(21)13-10-11-15(24-4)16(12-13)25(22,23)20-14-8-6-5-7-9-14/h10-12,14,20H,5-9H2,1-4H3,(H,19,21). The van der Waals surface area contributed by atoms with Gasteiger partial charge in [-0.05, 0) is 51.8 Å². The third-order valence-electron chi connectivity index (χ3n) is 4.13. The van der Waals surface area contributed by atoms with Crippen molar-refractivity contribution in [3.63, 3.8) is 0 Å². The van der Waals surface area contributed by atoms with Gasteiger partial charge >= 0.3 is 0 Å². The van der Waals surface area contributed by atoms with E-state index in [-0.39, 0.29) is 22.6 Å². The minimum absolute atomic E-state index is 0.00197. The Morgan fingerprint density at radius 3 is 2.36 bits per heavy atom. The number of carbonyl (C=O) groups is 1. The van der Waals surface area contributed by atoms with E-state index in [4.69, 9.17) is 4.74 Å². The summed E-state index contributed by atoms with van der Waals surface area (Å²) in [4.78, 5) is 12.4. The molecule has 0 atom stereocenters. The Kier molecular flexibility index (Phi) is 6.11. The fourth-order valence-corrected chi connectivity index (χ4v) is 4.44. The van der Waals surface area contributed by atoms with Crippen LogP contribution < -0.4 is 14.8 Å². The Bertz CT molecular complexity index is 717. The maximum atomic E-state index is 12.8. The molecule has 1 aliphatic carbocycles. The lowest BCUT2D eigenvalue weighted by Crippen LogP contribution is -2.40. The molecule has 1 amide bonds. The minimum Gasteiger partial charge on any atom is -0.495 e. The van der Waals surface area contributed by atoms with Gasteiger partial charge in [-0.1, -0.05) is 19.3 Å². The molecule has 0 aromatic heterocycles. The smallest absolute Gasteiger partial charge is 0.251 e. The fraction of sp³-hybridized carbons (Fsp3) is 0.611. The molecule has 0 bridgehead atoms. The molecule has 1 saturated carbocycles. The second-order valence-electron chi connectivity index (χ2n) is 7.53. The zero-order chi connectivity index (χ0) is 18.7. The van der Waals surface area contributed by atoms with Crippen LogP contribution in [0.3, 0.4) is 0 Å². The van der Waals surface area contributed by atoms with E-state index in [1.807, 2.05) is 20.8 Å². The zero-order valence-electron chi connectivity index (χ0n) is 15.4. The van der Waals surface area contributed by atoms with Gasteiger partial charge in [0.15, 0.2) is 0 Å². The molecule has 0 unspecified atom stereocenters.